The summed E-state index contributed by atoms with van der Waals surface area (Å²) in [6.07, 6.45) is 0. The number of hydrogen-bond acceptors (Lipinski definition) is 1. The van der Waals surface area contributed by atoms with Crippen molar-refractivity contribution in [3.05, 3.63) is 64.9 Å². The van der Waals surface area contributed by atoms with Crippen LogP contribution >= 0.6 is 11.6 Å². The Kier molecular flexibility index (Phi) is 3.49. The average Bonchev–Trinajstić information content (AvgIpc) is 2.78. The highest BCUT2D eigenvalue weighted by Crippen LogP contribution is 2.23. The van der Waals surface area contributed by atoms with Gasteiger partial charge in [0.1, 0.15) is 5.82 Å². The molecule has 1 aromatic heterocycles. The Morgan fingerprint density at radius 2 is 1.90 bits per heavy atom. The Balaban J connectivity index is 2.11. The van der Waals surface area contributed by atoms with Crippen LogP contribution in [0, 0.1) is 0 Å². The molecule has 0 atom stereocenters. The van der Waals surface area contributed by atoms with E-state index in [0.717, 1.165) is 22.9 Å². The minimum Gasteiger partial charge on any atom is -0.323 e. The minimum absolute atomic E-state index is 0.390. The predicted molar refractivity (Wildman–Crippen MR) is 84.4 cm³/mol. The highest BCUT2D eigenvalue weighted by molar-refractivity contribution is 6.30. The standard InChI is InChI=1S/C17H17ClN2/c1-12(2)17-19-15-8-3-4-9-16(15)20(17)11-13-6-5-7-14(18)10-13/h3-10,12H,11H2,1-2H3. The highest BCUT2D eigenvalue weighted by Gasteiger charge is 2.13. The third kappa shape index (κ3) is 2.44. The van der Waals surface area contributed by atoms with Crippen LogP contribution in [0.3, 0.4) is 0 Å². The van der Waals surface area contributed by atoms with Crippen LogP contribution < -0.4 is 0 Å². The number of imidazole rings is 1. The van der Waals surface area contributed by atoms with Crippen LogP contribution in [0.5, 0.6) is 0 Å². The van der Waals surface area contributed by atoms with Gasteiger partial charge in [0, 0.05) is 17.5 Å². The van der Waals surface area contributed by atoms with E-state index >= 15 is 0 Å². The van der Waals surface area contributed by atoms with E-state index in [9.17, 15) is 0 Å². The van der Waals surface area contributed by atoms with Crippen LogP contribution in [0.1, 0.15) is 31.2 Å². The van der Waals surface area contributed by atoms with Crippen LogP contribution in [0.2, 0.25) is 5.02 Å². The molecule has 0 aliphatic carbocycles. The molecule has 0 unspecified atom stereocenters. The van der Waals surface area contributed by atoms with E-state index in [1.165, 1.54) is 11.1 Å². The van der Waals surface area contributed by atoms with E-state index in [4.69, 9.17) is 16.6 Å². The van der Waals surface area contributed by atoms with Gasteiger partial charge < -0.3 is 4.57 Å². The fourth-order valence-corrected chi connectivity index (χ4v) is 2.73. The number of nitrogens with zero attached hydrogens (tertiary/aromatic N) is 2. The van der Waals surface area contributed by atoms with E-state index < -0.39 is 0 Å². The van der Waals surface area contributed by atoms with Gasteiger partial charge in [-0.15, -0.1) is 0 Å². The first-order valence-electron chi connectivity index (χ1n) is 6.85. The molecule has 1 heterocycles. The van der Waals surface area contributed by atoms with E-state index in [2.05, 4.69) is 42.7 Å². The van der Waals surface area contributed by atoms with Gasteiger partial charge in [-0.3, -0.25) is 0 Å². The Hall–Kier alpha value is -1.80. The maximum atomic E-state index is 6.08. The zero-order chi connectivity index (χ0) is 14.1. The van der Waals surface area contributed by atoms with Crippen LogP contribution in [0.15, 0.2) is 48.5 Å². The van der Waals surface area contributed by atoms with Crippen molar-refractivity contribution in [3.63, 3.8) is 0 Å². The number of benzene rings is 2. The van der Waals surface area contributed by atoms with Crippen LogP contribution in [0.25, 0.3) is 11.0 Å². The first kappa shape index (κ1) is 13.2. The molecule has 3 heteroatoms. The average molecular weight is 285 g/mol. The van der Waals surface area contributed by atoms with E-state index in [0.29, 0.717) is 5.92 Å². The first-order chi connectivity index (χ1) is 9.65. The lowest BCUT2D eigenvalue weighted by Crippen LogP contribution is -2.06. The molecule has 0 bridgehead atoms. The molecule has 102 valence electrons. The summed E-state index contributed by atoms with van der Waals surface area (Å²) >= 11 is 6.08. The van der Waals surface area contributed by atoms with Crippen molar-refractivity contribution >= 4 is 22.6 Å². The largest absolute Gasteiger partial charge is 0.323 e. The summed E-state index contributed by atoms with van der Waals surface area (Å²) in [5.41, 5.74) is 3.43. The fraction of sp³-hybridized carbons (Fsp3) is 0.235. The van der Waals surface area contributed by atoms with Gasteiger partial charge in [-0.1, -0.05) is 49.7 Å². The van der Waals surface area contributed by atoms with E-state index in [-0.39, 0.29) is 0 Å². The van der Waals surface area contributed by atoms with Gasteiger partial charge in [0.25, 0.3) is 0 Å². The first-order valence-corrected chi connectivity index (χ1v) is 7.22. The smallest absolute Gasteiger partial charge is 0.112 e. The van der Waals surface area contributed by atoms with Gasteiger partial charge in [0.15, 0.2) is 0 Å². The molecule has 2 nitrogen and oxygen atoms in total. The molecule has 0 aliphatic rings. The lowest BCUT2D eigenvalue weighted by Gasteiger charge is -2.11. The monoisotopic (exact) mass is 284 g/mol. The number of hydrogen-bond donors (Lipinski definition) is 0. The topological polar surface area (TPSA) is 17.8 Å². The molecule has 2 aromatic carbocycles. The zero-order valence-electron chi connectivity index (χ0n) is 11.7. The molecule has 20 heavy (non-hydrogen) atoms. The Morgan fingerprint density at radius 3 is 2.65 bits per heavy atom. The maximum absolute atomic E-state index is 6.08. The second-order valence-corrected chi connectivity index (χ2v) is 5.77. The molecule has 0 N–H and O–H groups in total. The number of aromatic nitrogens is 2. The van der Waals surface area contributed by atoms with Gasteiger partial charge in [-0.05, 0) is 29.8 Å². The van der Waals surface area contributed by atoms with Crippen molar-refractivity contribution < 1.29 is 0 Å². The molecular weight excluding hydrogens is 268 g/mol. The van der Waals surface area contributed by atoms with Crippen LogP contribution in [-0.4, -0.2) is 9.55 Å². The lowest BCUT2D eigenvalue weighted by molar-refractivity contribution is 0.683. The summed E-state index contributed by atoms with van der Waals surface area (Å²) in [4.78, 5) is 4.76. The predicted octanol–water partition coefficient (Wildman–Crippen LogP) is 4.86. The van der Waals surface area contributed by atoms with Crippen molar-refractivity contribution in [2.75, 3.05) is 0 Å². The van der Waals surface area contributed by atoms with Crippen LogP contribution in [-0.2, 0) is 6.54 Å². The molecule has 0 radical (unpaired) electrons. The third-order valence-corrected chi connectivity index (χ3v) is 3.67. The number of rotatable bonds is 3. The molecule has 0 spiro atoms. The summed E-state index contributed by atoms with van der Waals surface area (Å²) in [7, 11) is 0. The SMILES string of the molecule is CC(C)c1nc2ccccc2n1Cc1cccc(Cl)c1. The molecule has 0 saturated carbocycles. The van der Waals surface area contributed by atoms with Gasteiger partial charge in [-0.25, -0.2) is 4.98 Å². The second-order valence-electron chi connectivity index (χ2n) is 5.33. The summed E-state index contributed by atoms with van der Waals surface area (Å²) in [5.74, 6) is 1.51. The summed E-state index contributed by atoms with van der Waals surface area (Å²) in [5, 5.41) is 0.776. The van der Waals surface area contributed by atoms with Crippen molar-refractivity contribution in [3.8, 4) is 0 Å². The maximum Gasteiger partial charge on any atom is 0.112 e. The van der Waals surface area contributed by atoms with Crippen molar-refractivity contribution in [1.29, 1.82) is 0 Å². The highest BCUT2D eigenvalue weighted by atomic mass is 35.5. The number of halogens is 1. The quantitative estimate of drug-likeness (QED) is 0.671. The number of para-hydroxylation sites is 2. The molecule has 0 aliphatic heterocycles. The number of fused-ring (bicyclic) bond motifs is 1. The van der Waals surface area contributed by atoms with Crippen LogP contribution in [0.4, 0.5) is 0 Å². The van der Waals surface area contributed by atoms with Gasteiger partial charge in [0.2, 0.25) is 0 Å². The molecule has 0 amide bonds. The normalized spacial score (nSPS) is 11.4. The molecule has 0 fully saturated rings. The lowest BCUT2D eigenvalue weighted by atomic mass is 10.2. The second kappa shape index (κ2) is 5.29. The Morgan fingerprint density at radius 1 is 1.10 bits per heavy atom. The Bertz CT molecular complexity index is 744. The zero-order valence-corrected chi connectivity index (χ0v) is 12.4. The van der Waals surface area contributed by atoms with Crippen molar-refractivity contribution in [1.82, 2.24) is 9.55 Å². The molecule has 3 aromatic rings. The molecular formula is C17H17ClN2. The summed E-state index contributed by atoms with van der Waals surface area (Å²) < 4.78 is 2.28. The third-order valence-electron chi connectivity index (χ3n) is 3.43. The molecule has 0 saturated heterocycles. The summed E-state index contributed by atoms with van der Waals surface area (Å²) in [6.45, 7) is 5.15. The minimum atomic E-state index is 0.390. The summed E-state index contributed by atoms with van der Waals surface area (Å²) in [6, 6.07) is 16.3. The van der Waals surface area contributed by atoms with Gasteiger partial charge in [0.05, 0.1) is 11.0 Å². The fourth-order valence-electron chi connectivity index (χ4n) is 2.52. The van der Waals surface area contributed by atoms with E-state index in [1.54, 1.807) is 0 Å². The van der Waals surface area contributed by atoms with Crippen molar-refractivity contribution in [2.24, 2.45) is 0 Å². The van der Waals surface area contributed by atoms with Gasteiger partial charge >= 0.3 is 0 Å². The van der Waals surface area contributed by atoms with E-state index in [1.807, 2.05) is 24.3 Å². The molecule has 3 rings (SSSR count). The Labute approximate surface area is 124 Å². The van der Waals surface area contributed by atoms with Crippen molar-refractivity contribution in [2.45, 2.75) is 26.3 Å². The van der Waals surface area contributed by atoms with Gasteiger partial charge in [-0.2, -0.15) is 0 Å².